The van der Waals surface area contributed by atoms with Gasteiger partial charge in [0.1, 0.15) is 11.5 Å². The Morgan fingerprint density at radius 3 is 2.69 bits per heavy atom. The van der Waals surface area contributed by atoms with Gasteiger partial charge >= 0.3 is 0 Å². The Labute approximate surface area is 156 Å². The molecule has 2 fully saturated rings. The summed E-state index contributed by atoms with van der Waals surface area (Å²) in [6, 6.07) is 19.4. The van der Waals surface area contributed by atoms with Crippen LogP contribution in [0.4, 0.5) is 0 Å². The van der Waals surface area contributed by atoms with Crippen LogP contribution in [0.2, 0.25) is 0 Å². The summed E-state index contributed by atoms with van der Waals surface area (Å²) in [5.74, 6) is 1.74. The van der Waals surface area contributed by atoms with Gasteiger partial charge in [0.2, 0.25) is 0 Å². The first-order valence-electron chi connectivity index (χ1n) is 9.72. The lowest BCUT2D eigenvalue weighted by atomic mass is 10.0. The molecule has 0 bridgehead atoms. The summed E-state index contributed by atoms with van der Waals surface area (Å²) in [6.45, 7) is 4.60. The number of para-hydroxylation sites is 1. The highest BCUT2D eigenvalue weighted by atomic mass is 16.5. The molecule has 2 heterocycles. The van der Waals surface area contributed by atoms with Crippen LogP contribution in [0.15, 0.2) is 54.6 Å². The number of piperazine rings is 1. The number of ether oxygens (including phenoxy) is 1. The lowest BCUT2D eigenvalue weighted by molar-refractivity contribution is 0.0333. The zero-order chi connectivity index (χ0) is 17.8. The SMILES string of the molecule is OCC[C@H]1CN2CCC[C@H]2CN1Cc1cccc(Oc2ccccc2)c1. The van der Waals surface area contributed by atoms with E-state index >= 15 is 0 Å². The molecule has 2 aliphatic heterocycles. The van der Waals surface area contributed by atoms with E-state index < -0.39 is 0 Å². The van der Waals surface area contributed by atoms with E-state index in [0.29, 0.717) is 12.1 Å². The van der Waals surface area contributed by atoms with E-state index in [2.05, 4.69) is 28.0 Å². The largest absolute Gasteiger partial charge is 0.457 e. The van der Waals surface area contributed by atoms with Crippen LogP contribution in [-0.2, 0) is 6.54 Å². The highest BCUT2D eigenvalue weighted by Crippen LogP contribution is 2.28. The van der Waals surface area contributed by atoms with E-state index in [9.17, 15) is 5.11 Å². The van der Waals surface area contributed by atoms with Gasteiger partial charge in [-0.2, -0.15) is 0 Å². The van der Waals surface area contributed by atoms with Crippen LogP contribution in [0.25, 0.3) is 0 Å². The molecule has 0 radical (unpaired) electrons. The van der Waals surface area contributed by atoms with Crippen molar-refractivity contribution in [1.29, 1.82) is 0 Å². The maximum atomic E-state index is 9.49. The molecule has 4 heteroatoms. The van der Waals surface area contributed by atoms with Crippen molar-refractivity contribution in [2.45, 2.75) is 37.9 Å². The molecule has 2 aromatic carbocycles. The van der Waals surface area contributed by atoms with Gasteiger partial charge in [0.15, 0.2) is 0 Å². The van der Waals surface area contributed by atoms with E-state index in [1.54, 1.807) is 0 Å². The van der Waals surface area contributed by atoms with Crippen LogP contribution in [0.1, 0.15) is 24.8 Å². The second kappa shape index (κ2) is 8.21. The summed E-state index contributed by atoms with van der Waals surface area (Å²) in [7, 11) is 0. The van der Waals surface area contributed by atoms with Gasteiger partial charge in [-0.1, -0.05) is 30.3 Å². The third-order valence-electron chi connectivity index (χ3n) is 5.63. The molecule has 26 heavy (non-hydrogen) atoms. The smallest absolute Gasteiger partial charge is 0.127 e. The summed E-state index contributed by atoms with van der Waals surface area (Å²) >= 11 is 0. The lowest BCUT2D eigenvalue weighted by Crippen LogP contribution is -2.55. The van der Waals surface area contributed by atoms with Crippen LogP contribution >= 0.6 is 0 Å². The maximum Gasteiger partial charge on any atom is 0.127 e. The highest BCUT2D eigenvalue weighted by Gasteiger charge is 2.35. The van der Waals surface area contributed by atoms with Crippen molar-refractivity contribution in [2.24, 2.45) is 0 Å². The number of benzene rings is 2. The molecule has 2 aliphatic rings. The van der Waals surface area contributed by atoms with Crippen LogP contribution in [0.3, 0.4) is 0 Å². The molecule has 2 atom stereocenters. The standard InChI is InChI=1S/C22H28N2O2/c25-13-11-20-16-23-12-5-7-19(23)17-24(20)15-18-6-4-10-22(14-18)26-21-8-2-1-3-9-21/h1-4,6,8-10,14,19-20,25H,5,7,11-13,15-17H2/t19-,20-/m0/s1. The average molecular weight is 352 g/mol. The van der Waals surface area contributed by atoms with Crippen molar-refractivity contribution >= 4 is 0 Å². The molecule has 138 valence electrons. The third kappa shape index (κ3) is 4.09. The number of hydrogen-bond donors (Lipinski definition) is 1. The molecular weight excluding hydrogens is 324 g/mol. The van der Waals surface area contributed by atoms with Crippen molar-refractivity contribution in [3.63, 3.8) is 0 Å². The highest BCUT2D eigenvalue weighted by molar-refractivity contribution is 5.33. The molecule has 1 N–H and O–H groups in total. The second-order valence-electron chi connectivity index (χ2n) is 7.45. The van der Waals surface area contributed by atoms with Crippen molar-refractivity contribution in [2.75, 3.05) is 26.2 Å². The molecule has 0 amide bonds. The van der Waals surface area contributed by atoms with Gasteiger partial charge in [0.25, 0.3) is 0 Å². The minimum absolute atomic E-state index is 0.261. The Balaban J connectivity index is 1.46. The molecular formula is C22H28N2O2. The van der Waals surface area contributed by atoms with E-state index in [1.807, 2.05) is 36.4 Å². The lowest BCUT2D eigenvalue weighted by Gasteiger charge is -2.43. The fourth-order valence-electron chi connectivity index (χ4n) is 4.33. The predicted octanol–water partition coefficient (Wildman–Crippen LogP) is 3.51. The molecule has 0 unspecified atom stereocenters. The van der Waals surface area contributed by atoms with Crippen LogP contribution < -0.4 is 4.74 Å². The zero-order valence-electron chi connectivity index (χ0n) is 15.3. The molecule has 0 saturated carbocycles. The van der Waals surface area contributed by atoms with Crippen LogP contribution in [-0.4, -0.2) is 53.2 Å². The first-order valence-corrected chi connectivity index (χ1v) is 9.72. The van der Waals surface area contributed by atoms with Crippen molar-refractivity contribution in [3.05, 3.63) is 60.2 Å². The number of rotatable bonds is 6. The zero-order valence-corrected chi connectivity index (χ0v) is 15.3. The summed E-state index contributed by atoms with van der Waals surface area (Å²) in [4.78, 5) is 5.18. The number of nitrogens with zero attached hydrogens (tertiary/aromatic N) is 2. The fraction of sp³-hybridized carbons (Fsp3) is 0.455. The van der Waals surface area contributed by atoms with Gasteiger partial charge in [-0.05, 0) is 55.6 Å². The molecule has 0 spiro atoms. The van der Waals surface area contributed by atoms with Crippen LogP contribution in [0.5, 0.6) is 11.5 Å². The van der Waals surface area contributed by atoms with Crippen molar-refractivity contribution < 1.29 is 9.84 Å². The maximum absolute atomic E-state index is 9.49. The number of aliphatic hydroxyl groups is 1. The van der Waals surface area contributed by atoms with Gasteiger partial charge in [0, 0.05) is 38.3 Å². The summed E-state index contributed by atoms with van der Waals surface area (Å²) in [5, 5.41) is 9.49. The minimum atomic E-state index is 0.261. The summed E-state index contributed by atoms with van der Waals surface area (Å²) in [5.41, 5.74) is 1.27. The summed E-state index contributed by atoms with van der Waals surface area (Å²) < 4.78 is 5.99. The van der Waals surface area contributed by atoms with E-state index in [-0.39, 0.29) is 6.61 Å². The molecule has 0 aliphatic carbocycles. The first-order chi connectivity index (χ1) is 12.8. The monoisotopic (exact) mass is 352 g/mol. The fourth-order valence-corrected chi connectivity index (χ4v) is 4.33. The molecule has 4 rings (SSSR count). The molecule has 0 aromatic heterocycles. The van der Waals surface area contributed by atoms with Gasteiger partial charge in [-0.15, -0.1) is 0 Å². The van der Waals surface area contributed by atoms with Crippen molar-refractivity contribution in [1.82, 2.24) is 9.80 Å². The topological polar surface area (TPSA) is 35.9 Å². The predicted molar refractivity (Wildman–Crippen MR) is 103 cm³/mol. The molecule has 4 nitrogen and oxygen atoms in total. The van der Waals surface area contributed by atoms with Gasteiger partial charge in [0.05, 0.1) is 0 Å². The van der Waals surface area contributed by atoms with E-state index in [4.69, 9.17) is 4.74 Å². The Morgan fingerprint density at radius 1 is 1.00 bits per heavy atom. The van der Waals surface area contributed by atoms with Gasteiger partial charge < -0.3 is 9.84 Å². The number of hydrogen-bond acceptors (Lipinski definition) is 4. The van der Waals surface area contributed by atoms with E-state index in [1.165, 1.54) is 24.9 Å². The van der Waals surface area contributed by atoms with Crippen LogP contribution in [0, 0.1) is 0 Å². The molecule has 2 saturated heterocycles. The Morgan fingerprint density at radius 2 is 1.85 bits per heavy atom. The Bertz CT molecular complexity index is 706. The first kappa shape index (κ1) is 17.5. The Kier molecular flexibility index (Phi) is 5.54. The third-order valence-corrected chi connectivity index (χ3v) is 5.63. The van der Waals surface area contributed by atoms with Gasteiger partial charge in [-0.25, -0.2) is 0 Å². The quantitative estimate of drug-likeness (QED) is 0.863. The average Bonchev–Trinajstić information content (AvgIpc) is 3.11. The van der Waals surface area contributed by atoms with Crippen molar-refractivity contribution in [3.8, 4) is 11.5 Å². The minimum Gasteiger partial charge on any atom is -0.457 e. The molecule has 2 aromatic rings. The Hall–Kier alpha value is -1.88. The van der Waals surface area contributed by atoms with E-state index in [0.717, 1.165) is 37.6 Å². The number of aliphatic hydroxyl groups excluding tert-OH is 1. The summed E-state index contributed by atoms with van der Waals surface area (Å²) in [6.07, 6.45) is 3.47. The second-order valence-corrected chi connectivity index (χ2v) is 7.45. The van der Waals surface area contributed by atoms with Gasteiger partial charge in [-0.3, -0.25) is 9.80 Å². The number of fused-ring (bicyclic) bond motifs is 1. The normalized spacial score (nSPS) is 23.7.